The molecule has 0 amide bonds. The van der Waals surface area contributed by atoms with Crippen molar-refractivity contribution in [1.29, 1.82) is 0 Å². The minimum atomic E-state index is -1.17. The van der Waals surface area contributed by atoms with Gasteiger partial charge in [-0.15, -0.1) is 23.2 Å². The molecule has 6 atom stereocenters. The highest BCUT2D eigenvalue weighted by molar-refractivity contribution is 6.52. The fourth-order valence-corrected chi connectivity index (χ4v) is 7.00. The molecule has 1 saturated carbocycles. The van der Waals surface area contributed by atoms with E-state index in [1.54, 1.807) is 0 Å². The molecule has 6 heteroatoms. The van der Waals surface area contributed by atoms with E-state index in [4.69, 9.17) is 55.9 Å². The number of rotatable bonds is 0. The van der Waals surface area contributed by atoms with Gasteiger partial charge in [0.25, 0.3) is 0 Å². The van der Waals surface area contributed by atoms with Crippen molar-refractivity contribution in [3.8, 4) is 0 Å². The predicted octanol–water partition coefficient (Wildman–Crippen LogP) is 4.01. The minimum absolute atomic E-state index is 0.0322. The summed E-state index contributed by atoms with van der Waals surface area (Å²) in [6, 6.07) is 0. The number of alkyl halides is 2. The third kappa shape index (κ3) is 1.14. The molecular formula is C15H12Cl4O2. The number of hydrogen-bond donors (Lipinski definition) is 0. The van der Waals surface area contributed by atoms with Crippen molar-refractivity contribution in [3.05, 3.63) is 34.4 Å². The van der Waals surface area contributed by atoms with Crippen LogP contribution in [0.4, 0.5) is 0 Å². The van der Waals surface area contributed by atoms with Gasteiger partial charge >= 0.3 is 0 Å². The van der Waals surface area contributed by atoms with Crippen LogP contribution in [-0.2, 0) is 9.47 Å². The molecule has 0 N–H and O–H groups in total. The van der Waals surface area contributed by atoms with Gasteiger partial charge in [-0.3, -0.25) is 0 Å². The first-order chi connectivity index (χ1) is 9.98. The second-order valence-electron chi connectivity index (χ2n) is 6.34. The monoisotopic (exact) mass is 364 g/mol. The fourth-order valence-electron chi connectivity index (χ4n) is 4.86. The molecule has 1 heterocycles. The van der Waals surface area contributed by atoms with Crippen LogP contribution in [0.1, 0.15) is 0 Å². The third-order valence-corrected chi connectivity index (χ3v) is 8.39. The van der Waals surface area contributed by atoms with E-state index < -0.39 is 15.5 Å². The molecule has 0 radical (unpaired) electrons. The summed E-state index contributed by atoms with van der Waals surface area (Å²) >= 11 is 27.1. The Bertz CT molecular complexity index is 636. The normalized spacial score (nSPS) is 55.0. The average molecular weight is 366 g/mol. The van der Waals surface area contributed by atoms with Gasteiger partial charge in [0.15, 0.2) is 0 Å². The van der Waals surface area contributed by atoms with E-state index in [-0.39, 0.29) is 11.8 Å². The Morgan fingerprint density at radius 1 is 0.905 bits per heavy atom. The lowest BCUT2D eigenvalue weighted by molar-refractivity contribution is -0.173. The van der Waals surface area contributed by atoms with Crippen LogP contribution in [0.15, 0.2) is 34.4 Å². The Morgan fingerprint density at radius 2 is 1.52 bits per heavy atom. The van der Waals surface area contributed by atoms with Crippen LogP contribution in [-0.4, -0.2) is 28.7 Å². The summed E-state index contributed by atoms with van der Waals surface area (Å²) in [6.45, 7) is 0.898. The van der Waals surface area contributed by atoms with Crippen molar-refractivity contribution in [2.24, 2.45) is 23.7 Å². The van der Waals surface area contributed by atoms with Gasteiger partial charge in [-0.2, -0.15) is 0 Å². The summed E-state index contributed by atoms with van der Waals surface area (Å²) in [5, 5.41) is 0.758. The first kappa shape index (κ1) is 13.7. The van der Waals surface area contributed by atoms with Gasteiger partial charge in [-0.25, -0.2) is 0 Å². The van der Waals surface area contributed by atoms with Gasteiger partial charge in [0.1, 0.15) is 9.75 Å². The van der Waals surface area contributed by atoms with Crippen molar-refractivity contribution in [2.45, 2.75) is 15.5 Å². The van der Waals surface area contributed by atoms with E-state index in [9.17, 15) is 0 Å². The van der Waals surface area contributed by atoms with E-state index in [1.165, 1.54) is 0 Å². The SMILES string of the molecule is ClC1=C(Cl)[C@@]2(Cl)[C@H]3C=C[C@@H]4C=C[C@H]4[C@H]3[C@@]1(Cl)C21OCCO1. The second-order valence-corrected chi connectivity index (χ2v) is 8.29. The van der Waals surface area contributed by atoms with Gasteiger partial charge in [0, 0.05) is 17.8 Å². The second kappa shape index (κ2) is 3.85. The Labute approximate surface area is 142 Å². The quantitative estimate of drug-likeness (QED) is 0.477. The van der Waals surface area contributed by atoms with Crippen molar-refractivity contribution < 1.29 is 9.47 Å². The Morgan fingerprint density at radius 3 is 2.14 bits per heavy atom. The molecule has 0 unspecified atom stereocenters. The van der Waals surface area contributed by atoms with Crippen LogP contribution in [0.25, 0.3) is 0 Å². The van der Waals surface area contributed by atoms with E-state index in [1.807, 2.05) is 0 Å². The Hall–Kier alpha value is 0.300. The number of halogens is 4. The summed E-state index contributed by atoms with van der Waals surface area (Å²) in [4.78, 5) is -2.06. The fraction of sp³-hybridized carbons (Fsp3) is 0.600. The maximum Gasteiger partial charge on any atom is 0.218 e. The van der Waals surface area contributed by atoms with E-state index in [2.05, 4.69) is 24.3 Å². The molecular weight excluding hydrogens is 354 g/mol. The first-order valence-corrected chi connectivity index (χ1v) is 8.58. The van der Waals surface area contributed by atoms with Crippen LogP contribution in [0.2, 0.25) is 0 Å². The van der Waals surface area contributed by atoms with Crippen LogP contribution in [0.3, 0.4) is 0 Å². The molecule has 1 aliphatic heterocycles. The minimum Gasteiger partial charge on any atom is -0.344 e. The maximum absolute atomic E-state index is 7.09. The highest BCUT2D eigenvalue weighted by Crippen LogP contribution is 2.77. The zero-order chi connectivity index (χ0) is 14.6. The van der Waals surface area contributed by atoms with Gasteiger partial charge in [-0.05, 0) is 5.92 Å². The van der Waals surface area contributed by atoms with Crippen LogP contribution < -0.4 is 0 Å². The molecule has 5 rings (SSSR count). The van der Waals surface area contributed by atoms with Crippen LogP contribution in [0.5, 0.6) is 0 Å². The molecule has 1 saturated heterocycles. The van der Waals surface area contributed by atoms with Gasteiger partial charge in [-0.1, -0.05) is 47.5 Å². The molecule has 4 aliphatic carbocycles. The molecule has 0 aromatic rings. The standard InChI is InChI=1S/C15H12Cl4O2/c16-11-12(17)14(19)10-8-3-1-7(8)2-4-9(10)13(11,18)15(14)20-5-6-21-15/h1-4,7-10H,5-6H2/t7-,8+,9-,10+,13-,14-/m0/s1. The molecule has 2 bridgehead atoms. The van der Waals surface area contributed by atoms with E-state index in [0.717, 1.165) is 0 Å². The summed E-state index contributed by atoms with van der Waals surface area (Å²) in [7, 11) is 0. The summed E-state index contributed by atoms with van der Waals surface area (Å²) in [5.74, 6) is -0.486. The number of hydrogen-bond acceptors (Lipinski definition) is 2. The van der Waals surface area contributed by atoms with Crippen LogP contribution >= 0.6 is 46.4 Å². The van der Waals surface area contributed by atoms with Crippen molar-refractivity contribution >= 4 is 46.4 Å². The van der Waals surface area contributed by atoms with Gasteiger partial charge < -0.3 is 9.47 Å². The predicted molar refractivity (Wildman–Crippen MR) is 82.8 cm³/mol. The lowest BCUT2D eigenvalue weighted by Crippen LogP contribution is -2.56. The highest BCUT2D eigenvalue weighted by Gasteiger charge is 2.86. The molecule has 2 nitrogen and oxygen atoms in total. The maximum atomic E-state index is 7.09. The lowest BCUT2D eigenvalue weighted by Gasteiger charge is -2.46. The van der Waals surface area contributed by atoms with Crippen molar-refractivity contribution in [3.63, 3.8) is 0 Å². The third-order valence-electron chi connectivity index (χ3n) is 5.74. The highest BCUT2D eigenvalue weighted by atomic mass is 35.5. The zero-order valence-electron chi connectivity index (χ0n) is 10.9. The number of ether oxygens (including phenoxy) is 2. The smallest absolute Gasteiger partial charge is 0.218 e. The van der Waals surface area contributed by atoms with Crippen molar-refractivity contribution in [2.75, 3.05) is 13.2 Å². The van der Waals surface area contributed by atoms with E-state index in [0.29, 0.717) is 35.1 Å². The number of allylic oxidation sites excluding steroid dienone is 4. The summed E-state index contributed by atoms with van der Waals surface area (Å²) in [6.07, 6.45) is 8.65. The molecule has 0 aromatic heterocycles. The molecule has 1 spiro atoms. The van der Waals surface area contributed by atoms with Crippen molar-refractivity contribution in [1.82, 2.24) is 0 Å². The zero-order valence-corrected chi connectivity index (χ0v) is 13.9. The molecule has 5 aliphatic rings. The largest absolute Gasteiger partial charge is 0.344 e. The Kier molecular flexibility index (Phi) is 2.52. The average Bonchev–Trinajstić information content (AvgIpc) is 3.02. The topological polar surface area (TPSA) is 18.5 Å². The van der Waals surface area contributed by atoms with Gasteiger partial charge in [0.2, 0.25) is 5.79 Å². The van der Waals surface area contributed by atoms with E-state index >= 15 is 0 Å². The summed E-state index contributed by atoms with van der Waals surface area (Å²) in [5.41, 5.74) is 0. The number of fused-ring (bicyclic) bond motifs is 5. The van der Waals surface area contributed by atoms with Crippen LogP contribution in [0, 0.1) is 23.7 Å². The molecule has 2 fully saturated rings. The first-order valence-electron chi connectivity index (χ1n) is 7.07. The summed E-state index contributed by atoms with van der Waals surface area (Å²) < 4.78 is 12.0. The Balaban J connectivity index is 1.81. The molecule has 112 valence electrons. The molecule has 0 aromatic carbocycles. The van der Waals surface area contributed by atoms with Gasteiger partial charge in [0.05, 0.1) is 23.3 Å². The molecule has 21 heavy (non-hydrogen) atoms. The lowest BCUT2D eigenvalue weighted by atomic mass is 9.61.